The lowest BCUT2D eigenvalue weighted by Gasteiger charge is -2.31. The Balaban J connectivity index is 1.54. The summed E-state index contributed by atoms with van der Waals surface area (Å²) >= 11 is 0. The highest BCUT2D eigenvalue weighted by Crippen LogP contribution is 2.32. The lowest BCUT2D eigenvalue weighted by Crippen LogP contribution is -2.35. The van der Waals surface area contributed by atoms with Crippen molar-refractivity contribution >= 4 is 11.0 Å². The minimum Gasteiger partial charge on any atom is -0.362 e. The first kappa shape index (κ1) is 19.9. The molecule has 0 aliphatic carbocycles. The molecule has 0 radical (unpaired) electrons. The van der Waals surface area contributed by atoms with E-state index in [0.717, 1.165) is 53.9 Å². The van der Waals surface area contributed by atoms with Crippen LogP contribution >= 0.6 is 0 Å². The number of fused-ring (bicyclic) bond motifs is 1. The van der Waals surface area contributed by atoms with Gasteiger partial charge in [-0.25, -0.2) is 9.37 Å². The van der Waals surface area contributed by atoms with E-state index < -0.39 is 0 Å². The fourth-order valence-electron chi connectivity index (χ4n) is 4.28. The van der Waals surface area contributed by atoms with Crippen molar-refractivity contribution in [1.29, 1.82) is 0 Å². The van der Waals surface area contributed by atoms with Crippen molar-refractivity contribution in [1.82, 2.24) is 14.9 Å². The van der Waals surface area contributed by atoms with E-state index in [1.165, 1.54) is 6.07 Å². The van der Waals surface area contributed by atoms with Crippen molar-refractivity contribution in [2.24, 2.45) is 0 Å². The molecule has 4 nitrogen and oxygen atoms in total. The molecule has 0 saturated carbocycles. The molecule has 158 valence electrons. The highest BCUT2D eigenvalue weighted by atomic mass is 19.1. The van der Waals surface area contributed by atoms with E-state index in [-0.39, 0.29) is 18.0 Å². The van der Waals surface area contributed by atoms with E-state index in [9.17, 15) is 4.39 Å². The predicted molar refractivity (Wildman–Crippen MR) is 121 cm³/mol. The second-order valence-corrected chi connectivity index (χ2v) is 8.26. The fraction of sp³-hybridized carbons (Fsp3) is 0.269. The van der Waals surface area contributed by atoms with E-state index in [1.807, 2.05) is 60.7 Å². The third kappa shape index (κ3) is 4.24. The van der Waals surface area contributed by atoms with Gasteiger partial charge >= 0.3 is 0 Å². The van der Waals surface area contributed by atoms with Crippen LogP contribution in [0.4, 0.5) is 4.39 Å². The number of likely N-dealkylation sites (tertiary alicyclic amines) is 1. The van der Waals surface area contributed by atoms with Gasteiger partial charge < -0.3 is 14.6 Å². The Morgan fingerprint density at radius 2 is 1.77 bits per heavy atom. The fourth-order valence-corrected chi connectivity index (χ4v) is 4.28. The SMILES string of the molecule is CN1CCC(OC(c2cccc(-c3ccccc3F)c2)c2nc3ccccc3[nH]2)CC1. The molecule has 2 heterocycles. The van der Waals surface area contributed by atoms with Gasteiger partial charge in [-0.15, -0.1) is 0 Å². The van der Waals surface area contributed by atoms with Crippen LogP contribution in [0.25, 0.3) is 22.2 Å². The summed E-state index contributed by atoms with van der Waals surface area (Å²) in [7, 11) is 2.14. The number of hydrogen-bond donors (Lipinski definition) is 1. The molecule has 1 fully saturated rings. The summed E-state index contributed by atoms with van der Waals surface area (Å²) in [6.45, 7) is 2.04. The minimum atomic E-state index is -0.340. The molecule has 1 atom stereocenters. The zero-order valence-electron chi connectivity index (χ0n) is 17.6. The highest BCUT2D eigenvalue weighted by Gasteiger charge is 2.26. The second-order valence-electron chi connectivity index (χ2n) is 8.26. The molecular formula is C26H26FN3O. The van der Waals surface area contributed by atoms with Gasteiger partial charge in [0.1, 0.15) is 17.7 Å². The summed E-state index contributed by atoms with van der Waals surface area (Å²) in [6.07, 6.45) is 1.79. The average molecular weight is 416 g/mol. The quantitative estimate of drug-likeness (QED) is 0.463. The third-order valence-electron chi connectivity index (χ3n) is 6.02. The molecule has 31 heavy (non-hydrogen) atoms. The summed E-state index contributed by atoms with van der Waals surface area (Å²) < 4.78 is 21.1. The van der Waals surface area contributed by atoms with Gasteiger partial charge in [-0.2, -0.15) is 0 Å². The number of rotatable bonds is 5. The topological polar surface area (TPSA) is 41.1 Å². The molecular weight excluding hydrogens is 389 g/mol. The minimum absolute atomic E-state index is 0.159. The first-order chi connectivity index (χ1) is 15.2. The largest absolute Gasteiger partial charge is 0.362 e. The summed E-state index contributed by atoms with van der Waals surface area (Å²) in [5, 5.41) is 0. The van der Waals surface area contributed by atoms with Crippen LogP contribution in [0.1, 0.15) is 30.3 Å². The molecule has 0 spiro atoms. The molecule has 1 unspecified atom stereocenters. The number of H-pyrrole nitrogens is 1. The van der Waals surface area contributed by atoms with Crippen molar-refractivity contribution in [3.63, 3.8) is 0 Å². The molecule has 4 aromatic rings. The maximum absolute atomic E-state index is 14.4. The van der Waals surface area contributed by atoms with Crippen LogP contribution in [-0.2, 0) is 4.74 Å². The summed E-state index contributed by atoms with van der Waals surface area (Å²) in [6, 6.07) is 22.8. The standard InChI is InChI=1S/C26H26FN3O/c1-30-15-13-20(14-16-30)31-25(26-28-23-11-4-5-12-24(23)29-26)19-8-6-7-18(17-19)21-9-2-3-10-22(21)27/h2-12,17,20,25H,13-16H2,1H3,(H,28,29). The predicted octanol–water partition coefficient (Wildman–Crippen LogP) is 5.57. The van der Waals surface area contributed by atoms with Gasteiger partial charge in [-0.05, 0) is 55.3 Å². The summed E-state index contributed by atoms with van der Waals surface area (Å²) in [4.78, 5) is 10.6. The number of hydrogen-bond acceptors (Lipinski definition) is 3. The Bertz CT molecular complexity index is 1150. The van der Waals surface area contributed by atoms with Crippen molar-refractivity contribution < 1.29 is 9.13 Å². The Morgan fingerprint density at radius 3 is 2.58 bits per heavy atom. The van der Waals surface area contributed by atoms with Crippen molar-refractivity contribution in [3.8, 4) is 11.1 Å². The van der Waals surface area contributed by atoms with Gasteiger partial charge in [0, 0.05) is 18.7 Å². The summed E-state index contributed by atoms with van der Waals surface area (Å²) in [5.41, 5.74) is 4.30. The van der Waals surface area contributed by atoms with E-state index in [0.29, 0.717) is 5.56 Å². The molecule has 1 N–H and O–H groups in total. The van der Waals surface area contributed by atoms with E-state index in [2.05, 4.69) is 16.9 Å². The van der Waals surface area contributed by atoms with Gasteiger partial charge in [0.15, 0.2) is 0 Å². The number of benzene rings is 3. The molecule has 5 heteroatoms. The number of aromatic nitrogens is 2. The molecule has 0 amide bonds. The van der Waals surface area contributed by atoms with Crippen LogP contribution in [0, 0.1) is 5.82 Å². The molecule has 1 aliphatic heterocycles. The van der Waals surface area contributed by atoms with Gasteiger partial charge in [0.2, 0.25) is 0 Å². The maximum atomic E-state index is 14.4. The Kier molecular flexibility index (Phi) is 5.53. The number of imidazole rings is 1. The molecule has 1 saturated heterocycles. The molecule has 5 rings (SSSR count). The lowest BCUT2D eigenvalue weighted by molar-refractivity contribution is -0.0264. The first-order valence-electron chi connectivity index (χ1n) is 10.8. The van der Waals surface area contributed by atoms with Crippen LogP contribution in [0.2, 0.25) is 0 Å². The zero-order valence-corrected chi connectivity index (χ0v) is 17.6. The smallest absolute Gasteiger partial charge is 0.141 e. The van der Waals surface area contributed by atoms with Crippen LogP contribution < -0.4 is 0 Å². The first-order valence-corrected chi connectivity index (χ1v) is 10.8. The van der Waals surface area contributed by atoms with Crippen molar-refractivity contribution in [2.45, 2.75) is 25.0 Å². The van der Waals surface area contributed by atoms with Gasteiger partial charge in [0.05, 0.1) is 17.1 Å². The van der Waals surface area contributed by atoms with Crippen LogP contribution in [0.3, 0.4) is 0 Å². The van der Waals surface area contributed by atoms with Gasteiger partial charge in [-0.3, -0.25) is 0 Å². The third-order valence-corrected chi connectivity index (χ3v) is 6.02. The normalized spacial score (nSPS) is 16.6. The highest BCUT2D eigenvalue weighted by molar-refractivity contribution is 5.75. The van der Waals surface area contributed by atoms with Gasteiger partial charge in [0.25, 0.3) is 0 Å². The Morgan fingerprint density at radius 1 is 1.00 bits per heavy atom. The van der Waals surface area contributed by atoms with E-state index in [1.54, 1.807) is 6.07 Å². The molecule has 3 aromatic carbocycles. The number of halogens is 1. The number of piperidine rings is 1. The van der Waals surface area contributed by atoms with Crippen LogP contribution in [0.15, 0.2) is 72.8 Å². The van der Waals surface area contributed by atoms with Crippen LogP contribution in [-0.4, -0.2) is 41.1 Å². The Hall–Kier alpha value is -3.02. The molecule has 0 bridgehead atoms. The number of para-hydroxylation sites is 2. The average Bonchev–Trinajstić information content (AvgIpc) is 3.23. The zero-order chi connectivity index (χ0) is 21.2. The Labute approximate surface area is 181 Å². The van der Waals surface area contributed by atoms with Gasteiger partial charge in [-0.1, -0.05) is 48.5 Å². The maximum Gasteiger partial charge on any atom is 0.141 e. The number of nitrogens with one attached hydrogen (secondary N) is 1. The van der Waals surface area contributed by atoms with Crippen molar-refractivity contribution in [2.75, 3.05) is 20.1 Å². The van der Waals surface area contributed by atoms with E-state index in [4.69, 9.17) is 9.72 Å². The van der Waals surface area contributed by atoms with E-state index >= 15 is 0 Å². The number of aromatic amines is 1. The van der Waals surface area contributed by atoms with Crippen molar-refractivity contribution in [3.05, 3.63) is 90.0 Å². The molecule has 1 aliphatic rings. The molecule has 1 aromatic heterocycles. The van der Waals surface area contributed by atoms with Crippen LogP contribution in [0.5, 0.6) is 0 Å². The lowest BCUT2D eigenvalue weighted by atomic mass is 9.99. The number of nitrogens with zero attached hydrogens (tertiary/aromatic N) is 2. The second kappa shape index (κ2) is 8.61. The summed E-state index contributed by atoms with van der Waals surface area (Å²) in [5.74, 6) is 0.557. The number of ether oxygens (including phenoxy) is 1. The monoisotopic (exact) mass is 415 g/mol.